The van der Waals surface area contributed by atoms with Crippen LogP contribution in [0, 0.1) is 0 Å². The monoisotopic (exact) mass is 171 g/mol. The fourth-order valence-electron chi connectivity index (χ4n) is 0. The van der Waals surface area contributed by atoms with Crippen molar-refractivity contribution in [1.29, 1.82) is 0 Å². The third-order valence-electron chi connectivity index (χ3n) is 0.254. The molecule has 0 saturated heterocycles. The van der Waals surface area contributed by atoms with Crippen molar-refractivity contribution in [2.24, 2.45) is 5.73 Å². The molecule has 0 unspecified atom stereocenters. The second kappa shape index (κ2) is 4.70. The van der Waals surface area contributed by atoms with Gasteiger partial charge in [0, 0.05) is 0 Å². The smallest absolute Gasteiger partial charge is 0.361 e. The molecule has 0 aliphatic heterocycles. The van der Waals surface area contributed by atoms with Crippen LogP contribution in [0.2, 0.25) is 0 Å². The first-order valence-electron chi connectivity index (χ1n) is 1.71. The third-order valence-corrected chi connectivity index (χ3v) is 0.763. The van der Waals surface area contributed by atoms with E-state index in [0.29, 0.717) is 0 Å². The highest BCUT2D eigenvalue weighted by molar-refractivity contribution is 8.01. The van der Waals surface area contributed by atoms with Crippen molar-refractivity contribution in [2.75, 3.05) is 0 Å². The number of hydrogen-bond acceptors (Lipinski definition) is 4. The molecule has 0 aliphatic rings. The molecule has 1 amide bonds. The van der Waals surface area contributed by atoms with Crippen molar-refractivity contribution < 1.29 is 27.7 Å². The van der Waals surface area contributed by atoms with Gasteiger partial charge in [-0.3, -0.25) is 14.1 Å². The first-order chi connectivity index (χ1) is 4.36. The molecule has 0 radical (unpaired) electrons. The van der Waals surface area contributed by atoms with Gasteiger partial charge in [0.1, 0.15) is 0 Å². The zero-order chi connectivity index (χ0) is 8.78. The molecular formula is C2H5NO6S. The van der Waals surface area contributed by atoms with Crippen molar-refractivity contribution in [1.82, 2.24) is 0 Å². The third kappa shape index (κ3) is 9.97. The van der Waals surface area contributed by atoms with Gasteiger partial charge in [0.05, 0.1) is 0 Å². The highest BCUT2D eigenvalue weighted by Crippen LogP contribution is 1.75. The average Bonchev–Trinajstić information content (AvgIpc) is 1.64. The molecule has 0 aromatic heterocycles. The number of primary amides is 1. The van der Waals surface area contributed by atoms with Crippen LogP contribution >= 0.6 is 0 Å². The van der Waals surface area contributed by atoms with E-state index in [4.69, 9.17) is 14.5 Å². The molecule has 0 aromatic carbocycles. The van der Waals surface area contributed by atoms with Gasteiger partial charge in [0.2, 0.25) is 0 Å². The van der Waals surface area contributed by atoms with Crippen molar-refractivity contribution in [2.45, 2.75) is 0 Å². The molecule has 60 valence electrons. The lowest BCUT2D eigenvalue weighted by Crippen LogP contribution is -2.20. The van der Waals surface area contributed by atoms with E-state index >= 15 is 0 Å². The Balaban J connectivity index is 0. The molecule has 0 heterocycles. The maximum Gasteiger partial charge on any atom is 0.361 e. The minimum atomic E-state index is -4.60. The Bertz CT molecular complexity index is 204. The van der Waals surface area contributed by atoms with E-state index in [0.717, 1.165) is 0 Å². The SMILES string of the molecule is NC(=O)S(=O)(=O)O.O=CO. The maximum atomic E-state index is 9.41. The molecule has 10 heavy (non-hydrogen) atoms. The highest BCUT2D eigenvalue weighted by Gasteiger charge is 2.10. The second-order valence-electron chi connectivity index (χ2n) is 0.900. The Labute approximate surface area is 56.2 Å². The Morgan fingerprint density at radius 1 is 1.50 bits per heavy atom. The van der Waals surface area contributed by atoms with Gasteiger partial charge in [0.25, 0.3) is 6.47 Å². The second-order valence-corrected chi connectivity index (χ2v) is 2.25. The first kappa shape index (κ1) is 11.6. The zero-order valence-corrected chi connectivity index (χ0v) is 5.41. The molecule has 7 nitrogen and oxygen atoms in total. The summed E-state index contributed by atoms with van der Waals surface area (Å²) in [5.74, 6) is 0. The van der Waals surface area contributed by atoms with Crippen LogP contribution < -0.4 is 5.73 Å². The van der Waals surface area contributed by atoms with E-state index in [-0.39, 0.29) is 6.47 Å². The minimum absolute atomic E-state index is 0.250. The number of rotatable bonds is 0. The lowest BCUT2D eigenvalue weighted by Gasteiger charge is -1.80. The molecule has 8 heteroatoms. The van der Waals surface area contributed by atoms with E-state index in [2.05, 4.69) is 5.73 Å². The summed E-state index contributed by atoms with van der Waals surface area (Å²) in [6, 6.07) is 0. The van der Waals surface area contributed by atoms with Crippen LogP contribution in [0.4, 0.5) is 4.79 Å². The largest absolute Gasteiger partial charge is 0.483 e. The van der Waals surface area contributed by atoms with E-state index in [1.54, 1.807) is 0 Å². The summed E-state index contributed by atoms with van der Waals surface area (Å²) in [7, 11) is -4.60. The number of amides is 1. The number of carboxylic acid groups (broad SMARTS) is 1. The summed E-state index contributed by atoms with van der Waals surface area (Å²) in [4.78, 5) is 17.8. The molecule has 0 aromatic rings. The van der Waals surface area contributed by atoms with Gasteiger partial charge in [0.15, 0.2) is 0 Å². The Morgan fingerprint density at radius 3 is 1.60 bits per heavy atom. The Kier molecular flexibility index (Phi) is 5.47. The topological polar surface area (TPSA) is 135 Å². The van der Waals surface area contributed by atoms with E-state index < -0.39 is 15.4 Å². The fraction of sp³-hybridized carbons (Fsp3) is 0. The number of nitrogens with two attached hydrogens (primary N) is 1. The van der Waals surface area contributed by atoms with Gasteiger partial charge in [-0.1, -0.05) is 0 Å². The standard InChI is InChI=1S/CH3NO4S.CH2O2/c2-1(3)7(4,5)6;2-1-3/h(H2,2,3)(H,4,5,6);1H,(H,2,3). The molecule has 0 atom stereocenters. The number of carbonyl (C=O) groups excluding carboxylic acids is 1. The Hall–Kier alpha value is -1.15. The van der Waals surface area contributed by atoms with Crippen molar-refractivity contribution in [3.8, 4) is 0 Å². The highest BCUT2D eigenvalue weighted by atomic mass is 32.2. The molecule has 0 aliphatic carbocycles. The van der Waals surface area contributed by atoms with Crippen LogP contribution in [-0.2, 0) is 14.9 Å². The molecule has 4 N–H and O–H groups in total. The maximum absolute atomic E-state index is 9.41. The molecule has 0 saturated carbocycles. The summed E-state index contributed by atoms with van der Waals surface area (Å²) in [5, 5.41) is 5.16. The van der Waals surface area contributed by atoms with Crippen molar-refractivity contribution in [3.63, 3.8) is 0 Å². The molecule has 0 spiro atoms. The van der Waals surface area contributed by atoms with E-state index in [9.17, 15) is 13.2 Å². The van der Waals surface area contributed by atoms with Gasteiger partial charge in [-0.05, 0) is 0 Å². The van der Waals surface area contributed by atoms with Crippen LogP contribution in [0.15, 0.2) is 0 Å². The van der Waals surface area contributed by atoms with E-state index in [1.165, 1.54) is 0 Å². The van der Waals surface area contributed by atoms with Gasteiger partial charge in [-0.2, -0.15) is 8.42 Å². The van der Waals surface area contributed by atoms with Gasteiger partial charge in [-0.15, -0.1) is 0 Å². The van der Waals surface area contributed by atoms with Crippen molar-refractivity contribution >= 4 is 21.8 Å². The lowest BCUT2D eigenvalue weighted by molar-refractivity contribution is -0.122. The van der Waals surface area contributed by atoms with Gasteiger partial charge < -0.3 is 10.8 Å². The number of hydrogen-bond donors (Lipinski definition) is 3. The van der Waals surface area contributed by atoms with Crippen LogP contribution in [-0.4, -0.2) is 29.8 Å². The minimum Gasteiger partial charge on any atom is -0.483 e. The first-order valence-corrected chi connectivity index (χ1v) is 3.15. The van der Waals surface area contributed by atoms with Crippen LogP contribution in [0.3, 0.4) is 0 Å². The van der Waals surface area contributed by atoms with Crippen LogP contribution in [0.5, 0.6) is 0 Å². The molecular weight excluding hydrogens is 166 g/mol. The van der Waals surface area contributed by atoms with Crippen LogP contribution in [0.25, 0.3) is 0 Å². The predicted molar refractivity (Wildman–Crippen MR) is 29.8 cm³/mol. The Morgan fingerprint density at radius 2 is 1.60 bits per heavy atom. The van der Waals surface area contributed by atoms with E-state index in [1.807, 2.05) is 0 Å². The molecule has 0 fully saturated rings. The quantitative estimate of drug-likeness (QED) is 0.304. The van der Waals surface area contributed by atoms with Crippen LogP contribution in [0.1, 0.15) is 0 Å². The van der Waals surface area contributed by atoms with Gasteiger partial charge >= 0.3 is 15.4 Å². The average molecular weight is 171 g/mol. The lowest BCUT2D eigenvalue weighted by atomic mass is 11.5. The summed E-state index contributed by atoms with van der Waals surface area (Å²) >= 11 is 0. The fourth-order valence-corrected chi connectivity index (χ4v) is 0. The summed E-state index contributed by atoms with van der Waals surface area (Å²) < 4.78 is 26.4. The zero-order valence-electron chi connectivity index (χ0n) is 4.59. The van der Waals surface area contributed by atoms with Crippen molar-refractivity contribution in [3.05, 3.63) is 0 Å². The normalized spacial score (nSPS) is 8.90. The summed E-state index contributed by atoms with van der Waals surface area (Å²) in [6.45, 7) is -0.250. The summed E-state index contributed by atoms with van der Waals surface area (Å²) in [6.07, 6.45) is 0. The predicted octanol–water partition coefficient (Wildman–Crippen LogP) is -1.35. The number of carbonyl (C=O) groups is 2. The molecule has 0 rings (SSSR count). The van der Waals surface area contributed by atoms with Gasteiger partial charge in [-0.25, -0.2) is 0 Å². The summed E-state index contributed by atoms with van der Waals surface area (Å²) in [5.41, 5.74) is 4.09. The molecule has 0 bridgehead atoms.